The van der Waals surface area contributed by atoms with Crippen LogP contribution in [0.25, 0.3) is 0 Å². The molecule has 4 N–H and O–H groups in total. The highest BCUT2D eigenvalue weighted by molar-refractivity contribution is 6.60. The van der Waals surface area contributed by atoms with E-state index in [2.05, 4.69) is 0 Å². The lowest BCUT2D eigenvalue weighted by molar-refractivity contribution is 0.0701. The topological polar surface area (TPSA) is 100 Å². The number of primary amides is 1. The number of rotatable bonds is 12. The smallest absolute Gasteiger partial charge is 0.374 e. The lowest BCUT2D eigenvalue weighted by atomic mass is 10.4. The van der Waals surface area contributed by atoms with Crippen molar-refractivity contribution in [3.05, 3.63) is 0 Å². The molecule has 0 aromatic heterocycles. The molecule has 0 aromatic carbocycles. The first-order chi connectivity index (χ1) is 9.55. The number of urea groups is 1. The predicted octanol–water partition coefficient (Wildman–Crippen LogP) is 0.764. The number of hydrogen-bond acceptors (Lipinski definition) is 5. The maximum Gasteiger partial charge on any atom is 0.500 e. The van der Waals surface area contributed by atoms with Crippen LogP contribution >= 0.6 is 0 Å². The first-order valence-electron chi connectivity index (χ1n) is 7.21. The Labute approximate surface area is 122 Å². The fourth-order valence-corrected chi connectivity index (χ4v) is 4.57. The standard InChI is InChI=1S/C12H29N3O4Si/c1-4-17-20(18-5-2,19-6-3)11-7-9-15(10-8-13)12(14)16/h4-11,13H2,1-3H3,(H2,14,16). The highest BCUT2D eigenvalue weighted by Gasteiger charge is 2.39. The van der Waals surface area contributed by atoms with Gasteiger partial charge in [-0.1, -0.05) is 0 Å². The van der Waals surface area contributed by atoms with E-state index in [0.717, 1.165) is 6.42 Å². The highest BCUT2D eigenvalue weighted by atomic mass is 28.4. The summed E-state index contributed by atoms with van der Waals surface area (Å²) in [6, 6.07) is 0.212. The van der Waals surface area contributed by atoms with E-state index in [9.17, 15) is 4.79 Å². The zero-order chi connectivity index (χ0) is 15.4. The zero-order valence-corrected chi connectivity index (χ0v) is 13.9. The van der Waals surface area contributed by atoms with Crippen molar-refractivity contribution in [1.29, 1.82) is 0 Å². The quantitative estimate of drug-likeness (QED) is 0.519. The lowest BCUT2D eigenvalue weighted by Crippen LogP contribution is -2.47. The number of carbonyl (C=O) groups is 1. The van der Waals surface area contributed by atoms with Gasteiger partial charge in [0.2, 0.25) is 0 Å². The number of nitrogens with zero attached hydrogens (tertiary/aromatic N) is 1. The van der Waals surface area contributed by atoms with Crippen molar-refractivity contribution < 1.29 is 18.1 Å². The molecule has 0 radical (unpaired) electrons. The van der Waals surface area contributed by atoms with E-state index < -0.39 is 14.8 Å². The van der Waals surface area contributed by atoms with Gasteiger partial charge in [-0.15, -0.1) is 0 Å². The van der Waals surface area contributed by atoms with Gasteiger partial charge in [-0.3, -0.25) is 0 Å². The second kappa shape index (κ2) is 11.0. The van der Waals surface area contributed by atoms with Gasteiger partial charge in [-0.25, -0.2) is 4.79 Å². The number of hydrogen-bond donors (Lipinski definition) is 2. The Morgan fingerprint density at radius 1 is 1.05 bits per heavy atom. The van der Waals surface area contributed by atoms with Crippen LogP contribution in [-0.4, -0.2) is 59.2 Å². The molecule has 0 aliphatic heterocycles. The molecule has 120 valence electrons. The number of nitrogens with two attached hydrogens (primary N) is 2. The van der Waals surface area contributed by atoms with Crippen molar-refractivity contribution in [2.75, 3.05) is 39.5 Å². The largest absolute Gasteiger partial charge is 0.500 e. The van der Waals surface area contributed by atoms with Gasteiger partial charge in [-0.2, -0.15) is 0 Å². The van der Waals surface area contributed by atoms with E-state index in [0.29, 0.717) is 45.5 Å². The molecule has 0 atom stereocenters. The van der Waals surface area contributed by atoms with Gasteiger partial charge in [0.15, 0.2) is 0 Å². The number of carbonyl (C=O) groups excluding carboxylic acids is 1. The SMILES string of the molecule is CCO[Si](CCCN(CCN)C(N)=O)(OCC)OCC. The van der Waals surface area contributed by atoms with Gasteiger partial charge >= 0.3 is 14.8 Å². The van der Waals surface area contributed by atoms with Crippen molar-refractivity contribution >= 4 is 14.8 Å². The molecule has 0 aromatic rings. The Bertz CT molecular complexity index is 252. The third-order valence-electron chi connectivity index (χ3n) is 2.71. The molecule has 0 bridgehead atoms. The minimum absolute atomic E-state index is 0.397. The summed E-state index contributed by atoms with van der Waals surface area (Å²) in [7, 11) is -2.63. The van der Waals surface area contributed by atoms with E-state index in [4.69, 9.17) is 24.7 Å². The first-order valence-corrected chi connectivity index (χ1v) is 9.14. The molecule has 20 heavy (non-hydrogen) atoms. The van der Waals surface area contributed by atoms with Crippen LogP contribution in [0, 0.1) is 0 Å². The molecule has 0 aliphatic carbocycles. The second-order valence-corrected chi connectivity index (χ2v) is 6.93. The Morgan fingerprint density at radius 2 is 1.55 bits per heavy atom. The third kappa shape index (κ3) is 7.20. The van der Waals surface area contributed by atoms with Crippen LogP contribution < -0.4 is 11.5 Å². The summed E-state index contributed by atoms with van der Waals surface area (Å²) < 4.78 is 17.2. The summed E-state index contributed by atoms with van der Waals surface area (Å²) in [5, 5.41) is 0. The van der Waals surface area contributed by atoms with E-state index in [-0.39, 0.29) is 0 Å². The fraction of sp³-hybridized carbons (Fsp3) is 0.917. The van der Waals surface area contributed by atoms with E-state index in [1.807, 2.05) is 20.8 Å². The van der Waals surface area contributed by atoms with Crippen LogP contribution in [0.15, 0.2) is 0 Å². The van der Waals surface area contributed by atoms with Crippen molar-refractivity contribution in [3.8, 4) is 0 Å². The maximum atomic E-state index is 11.2. The second-order valence-electron chi connectivity index (χ2n) is 4.20. The van der Waals surface area contributed by atoms with Crippen molar-refractivity contribution in [3.63, 3.8) is 0 Å². The van der Waals surface area contributed by atoms with Crippen molar-refractivity contribution in [2.45, 2.75) is 33.2 Å². The highest BCUT2D eigenvalue weighted by Crippen LogP contribution is 2.18. The summed E-state index contributed by atoms with van der Waals surface area (Å²) in [6.45, 7) is 8.81. The van der Waals surface area contributed by atoms with Gasteiger partial charge in [-0.05, 0) is 27.2 Å². The molecule has 0 saturated carbocycles. The molecule has 0 saturated heterocycles. The van der Waals surface area contributed by atoms with Crippen molar-refractivity contribution in [2.24, 2.45) is 11.5 Å². The molecule has 0 aliphatic rings. The summed E-state index contributed by atoms with van der Waals surface area (Å²) in [5.41, 5.74) is 10.8. The molecule has 0 heterocycles. The molecular formula is C12H29N3O4Si. The molecule has 2 amide bonds. The van der Waals surface area contributed by atoms with Gasteiger partial charge in [0.05, 0.1) is 0 Å². The predicted molar refractivity (Wildman–Crippen MR) is 80.3 cm³/mol. The Hall–Kier alpha value is -0.673. The van der Waals surface area contributed by atoms with Crippen LogP contribution in [0.2, 0.25) is 6.04 Å². The number of amides is 2. The molecule has 7 nitrogen and oxygen atoms in total. The molecule has 0 unspecified atom stereocenters. The van der Waals surface area contributed by atoms with Gasteiger partial charge < -0.3 is 29.6 Å². The van der Waals surface area contributed by atoms with Crippen molar-refractivity contribution in [1.82, 2.24) is 4.90 Å². The van der Waals surface area contributed by atoms with Crippen LogP contribution in [0.4, 0.5) is 4.79 Å². The van der Waals surface area contributed by atoms with E-state index in [1.54, 1.807) is 0 Å². The normalized spacial score (nSPS) is 11.6. The Morgan fingerprint density at radius 3 is 1.90 bits per heavy atom. The molecule has 0 rings (SSSR count). The maximum absolute atomic E-state index is 11.2. The van der Waals surface area contributed by atoms with Crippen LogP contribution in [-0.2, 0) is 13.3 Å². The van der Waals surface area contributed by atoms with Gasteiger partial charge in [0.1, 0.15) is 0 Å². The summed E-state index contributed by atoms with van der Waals surface area (Å²) in [4.78, 5) is 12.8. The molecular weight excluding hydrogens is 278 g/mol. The summed E-state index contributed by atoms with van der Waals surface area (Å²) >= 11 is 0. The first kappa shape index (κ1) is 19.3. The Balaban J connectivity index is 4.45. The molecule has 0 spiro atoms. The van der Waals surface area contributed by atoms with E-state index in [1.165, 1.54) is 4.90 Å². The average molecular weight is 307 g/mol. The summed E-state index contributed by atoms with van der Waals surface area (Å²) in [5.74, 6) is 0. The van der Waals surface area contributed by atoms with Crippen LogP contribution in [0.3, 0.4) is 0 Å². The monoisotopic (exact) mass is 307 g/mol. The van der Waals surface area contributed by atoms with E-state index >= 15 is 0 Å². The Kier molecular flexibility index (Phi) is 10.7. The fourth-order valence-electron chi connectivity index (χ4n) is 1.98. The van der Waals surface area contributed by atoms with Crippen LogP contribution in [0.5, 0.6) is 0 Å². The zero-order valence-electron chi connectivity index (χ0n) is 12.9. The van der Waals surface area contributed by atoms with Gasteiger partial charge in [0, 0.05) is 45.5 Å². The molecule has 0 fully saturated rings. The molecule has 8 heteroatoms. The third-order valence-corrected chi connectivity index (χ3v) is 5.87. The summed E-state index contributed by atoms with van der Waals surface area (Å²) in [6.07, 6.45) is 0.717. The van der Waals surface area contributed by atoms with Crippen LogP contribution in [0.1, 0.15) is 27.2 Å². The van der Waals surface area contributed by atoms with Gasteiger partial charge in [0.25, 0.3) is 0 Å². The minimum atomic E-state index is -2.63. The minimum Gasteiger partial charge on any atom is -0.374 e. The average Bonchev–Trinajstić information content (AvgIpc) is 2.38. The lowest BCUT2D eigenvalue weighted by Gasteiger charge is -2.29.